The third-order valence-corrected chi connectivity index (χ3v) is 2.78. The van der Waals surface area contributed by atoms with Crippen LogP contribution in [0.1, 0.15) is 19.8 Å². The van der Waals surface area contributed by atoms with Crippen molar-refractivity contribution in [1.82, 2.24) is 5.32 Å². The largest absolute Gasteiger partial charge is 0.479 e. The first-order valence-corrected chi connectivity index (χ1v) is 6.43. The Balaban J connectivity index is 1.74. The van der Waals surface area contributed by atoms with Gasteiger partial charge in [-0.3, -0.25) is 4.79 Å². The van der Waals surface area contributed by atoms with Crippen LogP contribution in [-0.4, -0.2) is 30.6 Å². The molecule has 1 aliphatic carbocycles. The molecule has 0 aliphatic heterocycles. The number of rotatable bonds is 6. The van der Waals surface area contributed by atoms with Gasteiger partial charge in [0, 0.05) is 6.04 Å². The smallest absolute Gasteiger partial charge is 0.344 e. The van der Waals surface area contributed by atoms with E-state index in [0.29, 0.717) is 0 Å². The Labute approximate surface area is 116 Å². The molecule has 20 heavy (non-hydrogen) atoms. The van der Waals surface area contributed by atoms with E-state index in [-0.39, 0.29) is 17.7 Å². The third-order valence-electron chi connectivity index (χ3n) is 2.78. The molecule has 5 nitrogen and oxygen atoms in total. The molecule has 0 radical (unpaired) electrons. The van der Waals surface area contributed by atoms with Gasteiger partial charge >= 0.3 is 5.97 Å². The van der Waals surface area contributed by atoms with Crippen LogP contribution in [0.3, 0.4) is 0 Å². The van der Waals surface area contributed by atoms with E-state index in [1.54, 1.807) is 6.07 Å². The first-order chi connectivity index (χ1) is 9.56. The Morgan fingerprint density at radius 3 is 2.75 bits per heavy atom. The van der Waals surface area contributed by atoms with Crippen molar-refractivity contribution in [2.45, 2.75) is 31.9 Å². The minimum atomic E-state index is -0.882. The minimum absolute atomic E-state index is 0.0282. The Morgan fingerprint density at radius 1 is 1.40 bits per heavy atom. The van der Waals surface area contributed by atoms with Gasteiger partial charge in [0.1, 0.15) is 0 Å². The molecule has 0 saturated heterocycles. The number of carbonyl (C=O) groups excluding carboxylic acids is 2. The maximum Gasteiger partial charge on any atom is 0.344 e. The topological polar surface area (TPSA) is 64.6 Å². The number of esters is 1. The van der Waals surface area contributed by atoms with Gasteiger partial charge in [0.25, 0.3) is 5.91 Å². The molecule has 0 unspecified atom stereocenters. The SMILES string of the molecule is C[C@@H](OC(=O)COc1ccccc1F)C(=O)NC1CC1. The van der Waals surface area contributed by atoms with Crippen molar-refractivity contribution in [3.05, 3.63) is 30.1 Å². The monoisotopic (exact) mass is 281 g/mol. The van der Waals surface area contributed by atoms with E-state index >= 15 is 0 Å². The van der Waals surface area contributed by atoms with E-state index in [1.807, 2.05) is 0 Å². The Bertz CT molecular complexity index is 502. The lowest BCUT2D eigenvalue weighted by molar-refractivity contribution is -0.156. The Kier molecular flexibility index (Phi) is 4.55. The molecular formula is C14H16FNO4. The zero-order valence-electron chi connectivity index (χ0n) is 11.1. The highest BCUT2D eigenvalue weighted by molar-refractivity contribution is 5.84. The highest BCUT2D eigenvalue weighted by Crippen LogP contribution is 2.19. The number of para-hydroxylation sites is 1. The zero-order valence-corrected chi connectivity index (χ0v) is 11.1. The summed E-state index contributed by atoms with van der Waals surface area (Å²) in [5, 5.41) is 2.72. The molecule has 2 rings (SSSR count). The molecule has 0 aromatic heterocycles. The van der Waals surface area contributed by atoms with Crippen LogP contribution >= 0.6 is 0 Å². The van der Waals surface area contributed by atoms with E-state index in [9.17, 15) is 14.0 Å². The fourth-order valence-corrected chi connectivity index (χ4v) is 1.53. The molecule has 1 fully saturated rings. The molecule has 1 aliphatic rings. The van der Waals surface area contributed by atoms with Gasteiger partial charge in [-0.15, -0.1) is 0 Å². The molecule has 0 heterocycles. The first kappa shape index (κ1) is 14.3. The maximum absolute atomic E-state index is 13.2. The van der Waals surface area contributed by atoms with Crippen molar-refractivity contribution < 1.29 is 23.5 Å². The van der Waals surface area contributed by atoms with Crippen LogP contribution in [-0.2, 0) is 14.3 Å². The van der Waals surface area contributed by atoms with Gasteiger partial charge < -0.3 is 14.8 Å². The van der Waals surface area contributed by atoms with Gasteiger partial charge in [0.15, 0.2) is 24.3 Å². The highest BCUT2D eigenvalue weighted by Gasteiger charge is 2.27. The van der Waals surface area contributed by atoms with Crippen LogP contribution in [0, 0.1) is 5.82 Å². The summed E-state index contributed by atoms with van der Waals surface area (Å²) in [6, 6.07) is 5.96. The van der Waals surface area contributed by atoms with E-state index in [0.717, 1.165) is 12.8 Å². The van der Waals surface area contributed by atoms with Crippen molar-refractivity contribution >= 4 is 11.9 Å². The molecule has 1 atom stereocenters. The number of nitrogens with one attached hydrogen (secondary N) is 1. The second-order valence-corrected chi connectivity index (χ2v) is 4.63. The van der Waals surface area contributed by atoms with Crippen molar-refractivity contribution in [1.29, 1.82) is 0 Å². The number of amides is 1. The summed E-state index contributed by atoms with van der Waals surface area (Å²) in [6.45, 7) is 1.04. The van der Waals surface area contributed by atoms with Crippen molar-refractivity contribution in [2.24, 2.45) is 0 Å². The van der Waals surface area contributed by atoms with Crippen LogP contribution in [0.15, 0.2) is 24.3 Å². The maximum atomic E-state index is 13.2. The quantitative estimate of drug-likeness (QED) is 0.801. The van der Waals surface area contributed by atoms with Crippen molar-refractivity contribution in [3.8, 4) is 5.75 Å². The van der Waals surface area contributed by atoms with Crippen LogP contribution < -0.4 is 10.1 Å². The fourth-order valence-electron chi connectivity index (χ4n) is 1.53. The van der Waals surface area contributed by atoms with Gasteiger partial charge in [-0.05, 0) is 31.9 Å². The number of hydrogen-bond acceptors (Lipinski definition) is 4. The molecular weight excluding hydrogens is 265 g/mol. The number of ether oxygens (including phenoxy) is 2. The number of carbonyl (C=O) groups is 2. The van der Waals surface area contributed by atoms with Crippen LogP contribution in [0.4, 0.5) is 4.39 Å². The summed E-state index contributed by atoms with van der Waals surface area (Å²) >= 11 is 0. The normalized spacial score (nSPS) is 15.3. The van der Waals surface area contributed by atoms with Crippen molar-refractivity contribution in [3.63, 3.8) is 0 Å². The Hall–Kier alpha value is -2.11. The van der Waals surface area contributed by atoms with Gasteiger partial charge in [0.2, 0.25) is 0 Å². The predicted molar refractivity (Wildman–Crippen MR) is 68.6 cm³/mol. The zero-order chi connectivity index (χ0) is 14.5. The minimum Gasteiger partial charge on any atom is -0.479 e. The average Bonchev–Trinajstić information content (AvgIpc) is 3.21. The van der Waals surface area contributed by atoms with Crippen LogP contribution in [0.2, 0.25) is 0 Å². The van der Waals surface area contributed by atoms with Gasteiger partial charge in [0.05, 0.1) is 0 Å². The van der Waals surface area contributed by atoms with Gasteiger partial charge in [-0.25, -0.2) is 9.18 Å². The van der Waals surface area contributed by atoms with Gasteiger partial charge in [-0.2, -0.15) is 0 Å². The predicted octanol–water partition coefficient (Wildman–Crippen LogP) is 1.41. The highest BCUT2D eigenvalue weighted by atomic mass is 19.1. The molecule has 1 aromatic rings. The molecule has 1 N–H and O–H groups in total. The standard InChI is InChI=1S/C14H16FNO4/c1-9(14(18)16-10-6-7-10)20-13(17)8-19-12-5-3-2-4-11(12)15/h2-5,9-10H,6-8H2,1H3,(H,16,18)/t9-/m1/s1. The molecule has 1 saturated carbocycles. The van der Waals surface area contributed by atoms with E-state index in [2.05, 4.69) is 5.32 Å². The summed E-state index contributed by atoms with van der Waals surface area (Å²) in [4.78, 5) is 23.1. The molecule has 6 heteroatoms. The molecule has 0 spiro atoms. The third kappa shape index (κ3) is 4.22. The lowest BCUT2D eigenvalue weighted by Gasteiger charge is -2.13. The van der Waals surface area contributed by atoms with Gasteiger partial charge in [-0.1, -0.05) is 12.1 Å². The number of halogens is 1. The second-order valence-electron chi connectivity index (χ2n) is 4.63. The molecule has 108 valence electrons. The molecule has 1 amide bonds. The molecule has 0 bridgehead atoms. The van der Waals surface area contributed by atoms with Crippen LogP contribution in [0.25, 0.3) is 0 Å². The lowest BCUT2D eigenvalue weighted by Crippen LogP contribution is -2.37. The summed E-state index contributed by atoms with van der Waals surface area (Å²) in [5.74, 6) is -1.63. The lowest BCUT2D eigenvalue weighted by atomic mass is 10.3. The fraction of sp³-hybridized carbons (Fsp3) is 0.429. The second kappa shape index (κ2) is 6.36. The average molecular weight is 281 g/mol. The van der Waals surface area contributed by atoms with E-state index in [1.165, 1.54) is 25.1 Å². The summed E-state index contributed by atoms with van der Waals surface area (Å²) in [6.07, 6.45) is 1.04. The number of hydrogen-bond donors (Lipinski definition) is 1. The van der Waals surface area contributed by atoms with E-state index < -0.39 is 24.5 Å². The summed E-state index contributed by atoms with van der Waals surface area (Å²) in [5.41, 5.74) is 0. The first-order valence-electron chi connectivity index (χ1n) is 6.43. The number of benzene rings is 1. The van der Waals surface area contributed by atoms with Crippen molar-refractivity contribution in [2.75, 3.05) is 6.61 Å². The summed E-state index contributed by atoms with van der Waals surface area (Å²) < 4.78 is 23.1. The van der Waals surface area contributed by atoms with E-state index in [4.69, 9.17) is 9.47 Å². The Morgan fingerprint density at radius 2 is 2.10 bits per heavy atom. The van der Waals surface area contributed by atoms with Crippen LogP contribution in [0.5, 0.6) is 5.75 Å². The molecule has 1 aromatic carbocycles. The summed E-state index contributed by atoms with van der Waals surface area (Å²) in [7, 11) is 0.